The number of nitriles is 1. The molecule has 0 aliphatic rings. The molecule has 106 valence electrons. The highest BCUT2D eigenvalue weighted by Gasteiger charge is 2.17. The van der Waals surface area contributed by atoms with Gasteiger partial charge in [-0.15, -0.1) is 11.3 Å². The van der Waals surface area contributed by atoms with Gasteiger partial charge in [0.2, 0.25) is 0 Å². The monoisotopic (exact) mass is 295 g/mol. The van der Waals surface area contributed by atoms with E-state index in [1.807, 2.05) is 24.4 Å². The fourth-order valence-electron chi connectivity index (χ4n) is 2.33. The highest BCUT2D eigenvalue weighted by Crippen LogP contribution is 2.26. The van der Waals surface area contributed by atoms with Crippen LogP contribution in [0.1, 0.15) is 37.0 Å². The number of aromatic nitrogens is 2. The molecule has 0 fully saturated rings. The van der Waals surface area contributed by atoms with Crippen LogP contribution in [0.5, 0.6) is 0 Å². The van der Waals surface area contributed by atoms with Gasteiger partial charge in [-0.3, -0.25) is 0 Å². The van der Waals surface area contributed by atoms with Crippen LogP contribution in [0.4, 0.5) is 0 Å². The van der Waals surface area contributed by atoms with Crippen molar-refractivity contribution in [2.45, 2.75) is 32.7 Å². The zero-order valence-electron chi connectivity index (χ0n) is 12.4. The Morgan fingerprint density at radius 3 is 2.76 bits per heavy atom. The average molecular weight is 295 g/mol. The summed E-state index contributed by atoms with van der Waals surface area (Å²) in [7, 11) is 0. The smallest absolute Gasteiger partial charge is 0.113 e. The van der Waals surface area contributed by atoms with Crippen LogP contribution >= 0.6 is 11.3 Å². The second kappa shape index (κ2) is 5.01. The summed E-state index contributed by atoms with van der Waals surface area (Å²) >= 11 is 1.70. The first kappa shape index (κ1) is 13.8. The van der Waals surface area contributed by atoms with E-state index in [1.54, 1.807) is 11.3 Å². The molecule has 4 heteroatoms. The van der Waals surface area contributed by atoms with E-state index in [2.05, 4.69) is 42.9 Å². The first-order valence-electron chi connectivity index (χ1n) is 6.92. The van der Waals surface area contributed by atoms with Gasteiger partial charge in [-0.1, -0.05) is 26.8 Å². The van der Waals surface area contributed by atoms with Crippen molar-refractivity contribution < 1.29 is 0 Å². The molecule has 0 N–H and O–H groups in total. The number of benzene rings is 1. The SMILES string of the molecule is CC(C)(C)c1csc(Cn2ccc3c(C#N)cccc32)n1. The normalized spacial score (nSPS) is 11.7. The highest BCUT2D eigenvalue weighted by molar-refractivity contribution is 7.09. The van der Waals surface area contributed by atoms with Gasteiger partial charge in [0, 0.05) is 27.9 Å². The van der Waals surface area contributed by atoms with Crippen LogP contribution < -0.4 is 0 Å². The number of fused-ring (bicyclic) bond motifs is 1. The van der Waals surface area contributed by atoms with E-state index in [1.165, 1.54) is 0 Å². The van der Waals surface area contributed by atoms with E-state index in [0.29, 0.717) is 0 Å². The Balaban J connectivity index is 1.96. The summed E-state index contributed by atoms with van der Waals surface area (Å²) < 4.78 is 2.15. The molecule has 0 radical (unpaired) electrons. The number of nitrogens with zero attached hydrogens (tertiary/aromatic N) is 3. The molecule has 0 saturated heterocycles. The van der Waals surface area contributed by atoms with Crippen molar-refractivity contribution in [3.63, 3.8) is 0 Å². The molecule has 3 rings (SSSR count). The third-order valence-corrected chi connectivity index (χ3v) is 4.39. The summed E-state index contributed by atoms with van der Waals surface area (Å²) in [6, 6.07) is 10.1. The van der Waals surface area contributed by atoms with Crippen molar-refractivity contribution in [1.82, 2.24) is 9.55 Å². The first-order chi connectivity index (χ1) is 9.99. The molecular formula is C17H17N3S. The van der Waals surface area contributed by atoms with Gasteiger partial charge < -0.3 is 4.57 Å². The van der Waals surface area contributed by atoms with Gasteiger partial charge in [0.1, 0.15) is 5.01 Å². The lowest BCUT2D eigenvalue weighted by Crippen LogP contribution is -2.11. The van der Waals surface area contributed by atoms with Crippen LogP contribution in [-0.2, 0) is 12.0 Å². The Bertz CT molecular complexity index is 828. The number of hydrogen-bond donors (Lipinski definition) is 0. The van der Waals surface area contributed by atoms with E-state index >= 15 is 0 Å². The molecule has 2 aromatic heterocycles. The van der Waals surface area contributed by atoms with E-state index in [4.69, 9.17) is 10.2 Å². The van der Waals surface area contributed by atoms with Crippen LogP contribution in [0.3, 0.4) is 0 Å². The average Bonchev–Trinajstić information content (AvgIpc) is 3.06. The van der Waals surface area contributed by atoms with Gasteiger partial charge in [0.15, 0.2) is 0 Å². The van der Waals surface area contributed by atoms with Crippen LogP contribution in [0.2, 0.25) is 0 Å². The molecule has 2 heterocycles. The summed E-state index contributed by atoms with van der Waals surface area (Å²) in [5.41, 5.74) is 3.03. The Kier molecular flexibility index (Phi) is 3.30. The molecule has 0 amide bonds. The van der Waals surface area contributed by atoms with Gasteiger partial charge in [-0.25, -0.2) is 4.98 Å². The second-order valence-electron chi connectivity index (χ2n) is 6.17. The molecule has 0 aliphatic carbocycles. The molecule has 0 saturated carbocycles. The molecule has 3 aromatic rings. The Labute approximate surface area is 128 Å². The van der Waals surface area contributed by atoms with Gasteiger partial charge in [0.05, 0.1) is 23.9 Å². The summed E-state index contributed by atoms with van der Waals surface area (Å²) in [5, 5.41) is 13.4. The lowest BCUT2D eigenvalue weighted by Gasteiger charge is -2.14. The Morgan fingerprint density at radius 2 is 2.10 bits per heavy atom. The fraction of sp³-hybridized carbons (Fsp3) is 0.294. The molecule has 0 spiro atoms. The topological polar surface area (TPSA) is 41.6 Å². The molecule has 0 aliphatic heterocycles. The van der Waals surface area contributed by atoms with E-state index in [-0.39, 0.29) is 5.41 Å². The molecule has 1 aromatic carbocycles. The minimum atomic E-state index is 0.0848. The molecule has 0 atom stereocenters. The molecule has 0 bridgehead atoms. The second-order valence-corrected chi connectivity index (χ2v) is 7.11. The molecule has 0 unspecified atom stereocenters. The van der Waals surface area contributed by atoms with E-state index < -0.39 is 0 Å². The molecule has 3 nitrogen and oxygen atoms in total. The summed E-state index contributed by atoms with van der Waals surface area (Å²) in [6.45, 7) is 7.28. The van der Waals surface area contributed by atoms with Crippen molar-refractivity contribution in [3.05, 3.63) is 52.1 Å². The van der Waals surface area contributed by atoms with Crippen molar-refractivity contribution in [1.29, 1.82) is 5.26 Å². The lowest BCUT2D eigenvalue weighted by atomic mass is 9.93. The molecular weight excluding hydrogens is 278 g/mol. The van der Waals surface area contributed by atoms with Crippen molar-refractivity contribution in [2.24, 2.45) is 0 Å². The third kappa shape index (κ3) is 2.57. The number of rotatable bonds is 2. The van der Waals surface area contributed by atoms with Gasteiger partial charge in [-0.2, -0.15) is 5.26 Å². The first-order valence-corrected chi connectivity index (χ1v) is 7.80. The Morgan fingerprint density at radius 1 is 1.29 bits per heavy atom. The van der Waals surface area contributed by atoms with Gasteiger partial charge in [0.25, 0.3) is 0 Å². The van der Waals surface area contributed by atoms with Gasteiger partial charge in [-0.05, 0) is 18.2 Å². The van der Waals surface area contributed by atoms with Crippen molar-refractivity contribution in [3.8, 4) is 6.07 Å². The minimum Gasteiger partial charge on any atom is -0.341 e. The van der Waals surface area contributed by atoms with Gasteiger partial charge >= 0.3 is 0 Å². The summed E-state index contributed by atoms with van der Waals surface area (Å²) in [5.74, 6) is 0. The van der Waals surface area contributed by atoms with Crippen molar-refractivity contribution >= 4 is 22.2 Å². The zero-order chi connectivity index (χ0) is 15.0. The highest BCUT2D eigenvalue weighted by atomic mass is 32.1. The van der Waals surface area contributed by atoms with Crippen LogP contribution in [0.15, 0.2) is 35.8 Å². The van der Waals surface area contributed by atoms with E-state index in [0.717, 1.165) is 33.7 Å². The minimum absolute atomic E-state index is 0.0848. The predicted molar refractivity (Wildman–Crippen MR) is 86.6 cm³/mol. The fourth-order valence-corrected chi connectivity index (χ4v) is 3.35. The predicted octanol–water partition coefficient (Wildman–Crippen LogP) is 4.32. The quantitative estimate of drug-likeness (QED) is 0.706. The maximum Gasteiger partial charge on any atom is 0.113 e. The lowest BCUT2D eigenvalue weighted by molar-refractivity contribution is 0.570. The maximum atomic E-state index is 9.16. The summed E-state index contributed by atoms with van der Waals surface area (Å²) in [6.07, 6.45) is 2.03. The maximum absolute atomic E-state index is 9.16. The zero-order valence-corrected chi connectivity index (χ0v) is 13.2. The molecule has 21 heavy (non-hydrogen) atoms. The van der Waals surface area contributed by atoms with Crippen molar-refractivity contribution in [2.75, 3.05) is 0 Å². The van der Waals surface area contributed by atoms with E-state index in [9.17, 15) is 0 Å². The standard InChI is InChI=1S/C17H17N3S/c1-17(2,3)15-11-21-16(19-15)10-20-8-7-13-12(9-18)5-4-6-14(13)20/h4-8,11H,10H2,1-3H3. The van der Waals surface area contributed by atoms with Crippen LogP contribution in [0, 0.1) is 11.3 Å². The largest absolute Gasteiger partial charge is 0.341 e. The number of hydrogen-bond acceptors (Lipinski definition) is 3. The number of thiazole rings is 1. The summed E-state index contributed by atoms with van der Waals surface area (Å²) in [4.78, 5) is 4.74. The Hall–Kier alpha value is -2.12. The van der Waals surface area contributed by atoms with Crippen LogP contribution in [0.25, 0.3) is 10.9 Å². The third-order valence-electron chi connectivity index (χ3n) is 3.56. The van der Waals surface area contributed by atoms with Crippen LogP contribution in [-0.4, -0.2) is 9.55 Å².